The summed E-state index contributed by atoms with van der Waals surface area (Å²) in [4.78, 5) is 14.6. The largest absolute Gasteiger partial charge is 0.465 e. The molecular formula is C15H30N2O3. The third-order valence-corrected chi connectivity index (χ3v) is 4.35. The Balaban J connectivity index is 2.71. The molecule has 3 unspecified atom stereocenters. The van der Waals surface area contributed by atoms with Gasteiger partial charge in [-0.15, -0.1) is 0 Å². The number of hydrogen-bond donors (Lipinski definition) is 1. The fourth-order valence-electron chi connectivity index (χ4n) is 3.11. The lowest BCUT2D eigenvalue weighted by Crippen LogP contribution is -2.52. The van der Waals surface area contributed by atoms with Gasteiger partial charge in [0.05, 0.1) is 13.2 Å². The molecule has 0 aliphatic heterocycles. The standard InChI is InChI=1S/C15H30N2O3/c1-6-16-15(14(18)20-7-2)9-8-13(10-15)17(4)12(3)11-19-5/h12-13,16H,6-11H2,1-5H3. The Morgan fingerprint density at radius 1 is 1.50 bits per heavy atom. The lowest BCUT2D eigenvalue weighted by Gasteiger charge is -2.32. The average Bonchev–Trinajstić information content (AvgIpc) is 2.84. The van der Waals surface area contributed by atoms with Gasteiger partial charge in [0, 0.05) is 19.2 Å². The summed E-state index contributed by atoms with van der Waals surface area (Å²) >= 11 is 0. The number of rotatable bonds is 8. The number of methoxy groups -OCH3 is 1. The summed E-state index contributed by atoms with van der Waals surface area (Å²) in [6.45, 7) is 7.97. The molecule has 118 valence electrons. The van der Waals surface area contributed by atoms with Gasteiger partial charge in [-0.1, -0.05) is 6.92 Å². The molecule has 5 heteroatoms. The van der Waals surface area contributed by atoms with E-state index in [9.17, 15) is 4.79 Å². The highest BCUT2D eigenvalue weighted by Gasteiger charge is 2.47. The first-order chi connectivity index (χ1) is 9.50. The fourth-order valence-corrected chi connectivity index (χ4v) is 3.11. The van der Waals surface area contributed by atoms with Gasteiger partial charge in [0.15, 0.2) is 0 Å². The molecule has 0 aromatic rings. The second-order valence-corrected chi connectivity index (χ2v) is 5.70. The maximum atomic E-state index is 12.3. The normalized spacial score (nSPS) is 27.8. The summed E-state index contributed by atoms with van der Waals surface area (Å²) < 4.78 is 10.5. The maximum Gasteiger partial charge on any atom is 0.326 e. The quantitative estimate of drug-likeness (QED) is 0.684. The maximum absolute atomic E-state index is 12.3. The minimum Gasteiger partial charge on any atom is -0.465 e. The highest BCUT2D eigenvalue weighted by atomic mass is 16.5. The van der Waals surface area contributed by atoms with Crippen LogP contribution in [0.4, 0.5) is 0 Å². The van der Waals surface area contributed by atoms with E-state index in [4.69, 9.17) is 9.47 Å². The van der Waals surface area contributed by atoms with Crippen LogP contribution in [0.3, 0.4) is 0 Å². The predicted molar refractivity (Wildman–Crippen MR) is 79.8 cm³/mol. The SMILES string of the molecule is CCNC1(C(=O)OCC)CCC(N(C)C(C)COC)C1. The highest BCUT2D eigenvalue weighted by molar-refractivity contribution is 5.81. The van der Waals surface area contributed by atoms with Gasteiger partial charge in [0.1, 0.15) is 5.54 Å². The Labute approximate surface area is 123 Å². The van der Waals surface area contributed by atoms with Crippen LogP contribution in [0.1, 0.15) is 40.0 Å². The molecule has 1 fully saturated rings. The Bertz CT molecular complexity index is 311. The third kappa shape index (κ3) is 3.93. The molecule has 0 aromatic carbocycles. The van der Waals surface area contributed by atoms with Crippen LogP contribution in [-0.2, 0) is 14.3 Å². The van der Waals surface area contributed by atoms with Crippen LogP contribution in [0.25, 0.3) is 0 Å². The van der Waals surface area contributed by atoms with E-state index in [0.29, 0.717) is 25.3 Å². The first-order valence-corrected chi connectivity index (χ1v) is 7.63. The van der Waals surface area contributed by atoms with E-state index >= 15 is 0 Å². The first-order valence-electron chi connectivity index (χ1n) is 7.63. The van der Waals surface area contributed by atoms with Crippen molar-refractivity contribution in [2.24, 2.45) is 0 Å². The number of likely N-dealkylation sites (N-methyl/N-ethyl adjacent to an activating group) is 2. The smallest absolute Gasteiger partial charge is 0.326 e. The van der Waals surface area contributed by atoms with Crippen molar-refractivity contribution in [2.75, 3.05) is 33.9 Å². The summed E-state index contributed by atoms with van der Waals surface area (Å²) in [5, 5.41) is 3.37. The van der Waals surface area contributed by atoms with E-state index in [1.54, 1.807) is 7.11 Å². The highest BCUT2D eigenvalue weighted by Crippen LogP contribution is 2.34. The topological polar surface area (TPSA) is 50.8 Å². The summed E-state index contributed by atoms with van der Waals surface area (Å²) in [6.07, 6.45) is 2.66. The fraction of sp³-hybridized carbons (Fsp3) is 0.933. The van der Waals surface area contributed by atoms with Crippen molar-refractivity contribution >= 4 is 5.97 Å². The predicted octanol–water partition coefficient (Wildman–Crippen LogP) is 1.42. The van der Waals surface area contributed by atoms with Crippen molar-refractivity contribution in [1.82, 2.24) is 10.2 Å². The van der Waals surface area contributed by atoms with Crippen LogP contribution in [0, 0.1) is 0 Å². The van der Waals surface area contributed by atoms with E-state index in [-0.39, 0.29) is 5.97 Å². The minimum absolute atomic E-state index is 0.0999. The summed E-state index contributed by atoms with van der Waals surface area (Å²) in [5.41, 5.74) is -0.503. The van der Waals surface area contributed by atoms with Crippen molar-refractivity contribution < 1.29 is 14.3 Å². The molecule has 1 rings (SSSR count). The van der Waals surface area contributed by atoms with E-state index in [1.165, 1.54) is 0 Å². The number of carbonyl (C=O) groups excluding carboxylic acids is 1. The number of hydrogen-bond acceptors (Lipinski definition) is 5. The van der Waals surface area contributed by atoms with Gasteiger partial charge in [-0.2, -0.15) is 0 Å². The molecule has 0 saturated heterocycles. The lowest BCUT2D eigenvalue weighted by molar-refractivity contribution is -0.151. The molecule has 0 radical (unpaired) electrons. The zero-order chi connectivity index (χ0) is 15.2. The van der Waals surface area contributed by atoms with Gasteiger partial charge in [-0.25, -0.2) is 0 Å². The molecule has 0 spiro atoms. The number of esters is 1. The van der Waals surface area contributed by atoms with Gasteiger partial charge in [0.25, 0.3) is 0 Å². The Morgan fingerprint density at radius 3 is 2.75 bits per heavy atom. The van der Waals surface area contributed by atoms with Crippen LogP contribution in [0.5, 0.6) is 0 Å². The second kappa shape index (κ2) is 7.96. The zero-order valence-corrected chi connectivity index (χ0v) is 13.6. The van der Waals surface area contributed by atoms with E-state index in [2.05, 4.69) is 24.2 Å². The molecule has 5 nitrogen and oxygen atoms in total. The van der Waals surface area contributed by atoms with Gasteiger partial charge < -0.3 is 14.8 Å². The van der Waals surface area contributed by atoms with Crippen LogP contribution in [0.15, 0.2) is 0 Å². The number of nitrogens with zero attached hydrogens (tertiary/aromatic N) is 1. The molecule has 0 amide bonds. The average molecular weight is 286 g/mol. The van der Waals surface area contributed by atoms with E-state index in [0.717, 1.165) is 25.8 Å². The molecule has 0 bridgehead atoms. The molecule has 1 aliphatic rings. The molecule has 20 heavy (non-hydrogen) atoms. The Morgan fingerprint density at radius 2 is 2.20 bits per heavy atom. The molecule has 0 heterocycles. The van der Waals surface area contributed by atoms with Crippen molar-refractivity contribution in [3.63, 3.8) is 0 Å². The van der Waals surface area contributed by atoms with Gasteiger partial charge in [-0.05, 0) is 46.7 Å². The third-order valence-electron chi connectivity index (χ3n) is 4.35. The van der Waals surface area contributed by atoms with Crippen LogP contribution >= 0.6 is 0 Å². The van der Waals surface area contributed by atoms with Crippen LogP contribution in [-0.4, -0.2) is 62.4 Å². The minimum atomic E-state index is -0.503. The van der Waals surface area contributed by atoms with Crippen molar-refractivity contribution in [1.29, 1.82) is 0 Å². The first kappa shape index (κ1) is 17.4. The van der Waals surface area contributed by atoms with Crippen LogP contribution < -0.4 is 5.32 Å². The van der Waals surface area contributed by atoms with E-state index < -0.39 is 5.54 Å². The Hall–Kier alpha value is -0.650. The molecule has 1 N–H and O–H groups in total. The monoisotopic (exact) mass is 286 g/mol. The number of carbonyl (C=O) groups is 1. The van der Waals surface area contributed by atoms with Crippen LogP contribution in [0.2, 0.25) is 0 Å². The molecule has 3 atom stereocenters. The summed E-state index contributed by atoms with van der Waals surface area (Å²) in [5.74, 6) is -0.0999. The zero-order valence-electron chi connectivity index (χ0n) is 13.6. The summed E-state index contributed by atoms with van der Waals surface area (Å²) in [7, 11) is 3.84. The van der Waals surface area contributed by atoms with Crippen molar-refractivity contribution in [3.05, 3.63) is 0 Å². The molecule has 1 saturated carbocycles. The van der Waals surface area contributed by atoms with E-state index in [1.807, 2.05) is 13.8 Å². The molecule has 1 aliphatic carbocycles. The van der Waals surface area contributed by atoms with Gasteiger partial charge >= 0.3 is 5.97 Å². The van der Waals surface area contributed by atoms with Gasteiger partial charge in [0.2, 0.25) is 0 Å². The number of ether oxygens (including phenoxy) is 2. The van der Waals surface area contributed by atoms with Crippen molar-refractivity contribution in [3.8, 4) is 0 Å². The Kier molecular flexibility index (Phi) is 6.92. The number of nitrogens with one attached hydrogen (secondary N) is 1. The van der Waals surface area contributed by atoms with Gasteiger partial charge in [-0.3, -0.25) is 9.69 Å². The molecule has 0 aromatic heterocycles. The van der Waals surface area contributed by atoms with Crippen molar-refractivity contribution in [2.45, 2.75) is 57.7 Å². The second-order valence-electron chi connectivity index (χ2n) is 5.70. The summed E-state index contributed by atoms with van der Waals surface area (Å²) in [6, 6.07) is 0.744. The lowest BCUT2D eigenvalue weighted by atomic mass is 9.97. The molecular weight excluding hydrogens is 256 g/mol.